The number of rotatable bonds is 3. The lowest BCUT2D eigenvalue weighted by Gasteiger charge is -2.18. The number of aromatic nitrogens is 1. The number of H-pyrrole nitrogens is 1. The van der Waals surface area contributed by atoms with Crippen LogP contribution in [0, 0.1) is 0 Å². The largest absolute Gasteiger partial charge is 0.321 e. The van der Waals surface area contributed by atoms with Crippen LogP contribution in [-0.2, 0) is 4.79 Å². The highest BCUT2D eigenvalue weighted by Crippen LogP contribution is 2.38. The third kappa shape index (κ3) is 3.48. The molecule has 5 nitrogen and oxygen atoms in total. The predicted molar refractivity (Wildman–Crippen MR) is 126 cm³/mol. The van der Waals surface area contributed by atoms with Gasteiger partial charge in [-0.1, -0.05) is 48.0 Å². The number of amides is 1. The quantitative estimate of drug-likeness (QED) is 0.443. The van der Waals surface area contributed by atoms with Gasteiger partial charge in [0, 0.05) is 39.7 Å². The van der Waals surface area contributed by atoms with Gasteiger partial charge in [0.1, 0.15) is 0 Å². The number of halogens is 1. The summed E-state index contributed by atoms with van der Waals surface area (Å²) in [6.45, 7) is 1.50. The summed E-state index contributed by atoms with van der Waals surface area (Å²) < 4.78 is 0. The van der Waals surface area contributed by atoms with Crippen molar-refractivity contribution in [3.8, 4) is 11.1 Å². The Kier molecular flexibility index (Phi) is 4.96. The van der Waals surface area contributed by atoms with Crippen LogP contribution in [0.3, 0.4) is 0 Å². The minimum atomic E-state index is -0.234. The van der Waals surface area contributed by atoms with Crippen molar-refractivity contribution in [2.75, 3.05) is 0 Å². The van der Waals surface area contributed by atoms with Crippen molar-refractivity contribution in [2.24, 2.45) is 5.10 Å². The fourth-order valence-electron chi connectivity index (χ4n) is 4.10. The number of aromatic amines is 1. The Bertz CT molecular complexity index is 1380. The molecule has 0 bridgehead atoms. The van der Waals surface area contributed by atoms with Crippen LogP contribution >= 0.6 is 22.9 Å². The molecule has 1 aliphatic rings. The van der Waals surface area contributed by atoms with Crippen molar-refractivity contribution < 1.29 is 4.79 Å². The minimum Gasteiger partial charge on any atom is -0.321 e. The molecule has 3 heterocycles. The van der Waals surface area contributed by atoms with Crippen molar-refractivity contribution in [3.05, 3.63) is 91.9 Å². The lowest BCUT2D eigenvalue weighted by molar-refractivity contribution is -0.130. The Balaban J connectivity index is 1.77. The monoisotopic (exact) mass is 447 g/mol. The van der Waals surface area contributed by atoms with Crippen LogP contribution in [-0.4, -0.2) is 21.6 Å². The van der Waals surface area contributed by atoms with Crippen molar-refractivity contribution in [2.45, 2.75) is 19.4 Å². The number of carbonyl (C=O) groups excluding carboxylic acids is 1. The van der Waals surface area contributed by atoms with Crippen LogP contribution in [0.1, 0.15) is 29.8 Å². The van der Waals surface area contributed by atoms with Gasteiger partial charge in [0.15, 0.2) is 0 Å². The average Bonchev–Trinajstić information content (AvgIpc) is 3.43. The zero-order valence-corrected chi connectivity index (χ0v) is 18.2. The van der Waals surface area contributed by atoms with Gasteiger partial charge in [-0.2, -0.15) is 5.10 Å². The van der Waals surface area contributed by atoms with Gasteiger partial charge in [0.2, 0.25) is 5.91 Å². The molecular weight excluding hydrogens is 430 g/mol. The normalized spacial score (nSPS) is 16.0. The standard InChI is InChI=1S/C24H18ClN3O2S/c1-14(29)28-20(21-8-5-11-31-21)13-19(27-28)23-22(15-6-3-2-4-7-15)17-12-16(25)9-10-18(17)26-24(23)30/h2-12,20H,13H2,1H3,(H,26,30). The topological polar surface area (TPSA) is 65.5 Å². The first-order chi connectivity index (χ1) is 15.0. The number of carbonyl (C=O) groups is 1. The second-order valence-electron chi connectivity index (χ2n) is 7.41. The van der Waals surface area contributed by atoms with Crippen LogP contribution in [0.15, 0.2) is 75.9 Å². The van der Waals surface area contributed by atoms with Crippen molar-refractivity contribution in [3.63, 3.8) is 0 Å². The third-order valence-corrected chi connectivity index (χ3v) is 6.64. The van der Waals surface area contributed by atoms with Gasteiger partial charge in [0.25, 0.3) is 5.56 Å². The molecule has 1 amide bonds. The van der Waals surface area contributed by atoms with Gasteiger partial charge < -0.3 is 4.98 Å². The van der Waals surface area contributed by atoms with Crippen molar-refractivity contribution >= 4 is 45.5 Å². The number of hydrogen-bond acceptors (Lipinski definition) is 4. The summed E-state index contributed by atoms with van der Waals surface area (Å²) in [4.78, 5) is 29.7. The molecular formula is C24H18ClN3O2S. The molecule has 2 aromatic heterocycles. The smallest absolute Gasteiger partial charge is 0.258 e. The Morgan fingerprint density at radius 3 is 2.65 bits per heavy atom. The van der Waals surface area contributed by atoms with Gasteiger partial charge in [-0.05, 0) is 35.2 Å². The van der Waals surface area contributed by atoms with Crippen LogP contribution in [0.25, 0.3) is 22.0 Å². The maximum Gasteiger partial charge on any atom is 0.258 e. The van der Waals surface area contributed by atoms with Gasteiger partial charge in [-0.25, -0.2) is 5.01 Å². The van der Waals surface area contributed by atoms with E-state index in [1.807, 2.05) is 60.0 Å². The molecule has 0 aliphatic carbocycles. The van der Waals surface area contributed by atoms with Gasteiger partial charge >= 0.3 is 0 Å². The number of fused-ring (bicyclic) bond motifs is 1. The molecule has 1 atom stereocenters. The molecule has 0 saturated heterocycles. The first kappa shape index (κ1) is 19.7. The molecule has 0 saturated carbocycles. The van der Waals surface area contributed by atoms with Gasteiger partial charge in [-0.15, -0.1) is 11.3 Å². The minimum absolute atomic E-state index is 0.157. The maximum absolute atomic E-state index is 13.3. The fourth-order valence-corrected chi connectivity index (χ4v) is 5.08. The second-order valence-corrected chi connectivity index (χ2v) is 8.82. The Morgan fingerprint density at radius 2 is 1.94 bits per heavy atom. The summed E-state index contributed by atoms with van der Waals surface area (Å²) in [5.74, 6) is -0.157. The molecule has 1 N–H and O–H groups in total. The molecule has 0 spiro atoms. The molecule has 0 fully saturated rings. The lowest BCUT2D eigenvalue weighted by atomic mass is 9.92. The Labute approximate surface area is 187 Å². The number of benzene rings is 2. The second kappa shape index (κ2) is 7.80. The van der Waals surface area contributed by atoms with Crippen molar-refractivity contribution in [1.82, 2.24) is 9.99 Å². The zero-order valence-electron chi connectivity index (χ0n) is 16.6. The molecule has 31 heavy (non-hydrogen) atoms. The summed E-state index contributed by atoms with van der Waals surface area (Å²) >= 11 is 7.89. The summed E-state index contributed by atoms with van der Waals surface area (Å²) in [6, 6.07) is 18.9. The highest BCUT2D eigenvalue weighted by Gasteiger charge is 2.34. The predicted octanol–water partition coefficient (Wildman–Crippen LogP) is 5.61. The average molecular weight is 448 g/mol. The Hall–Kier alpha value is -3.22. The van der Waals surface area contributed by atoms with E-state index in [1.54, 1.807) is 17.4 Å². The first-order valence-electron chi connectivity index (χ1n) is 9.85. The highest BCUT2D eigenvalue weighted by molar-refractivity contribution is 7.10. The summed E-state index contributed by atoms with van der Waals surface area (Å²) in [5.41, 5.74) is 3.21. The molecule has 1 aliphatic heterocycles. The highest BCUT2D eigenvalue weighted by atomic mass is 35.5. The molecule has 4 aromatic rings. The van der Waals surface area contributed by atoms with Gasteiger partial charge in [0.05, 0.1) is 17.3 Å². The molecule has 7 heteroatoms. The summed E-state index contributed by atoms with van der Waals surface area (Å²) in [7, 11) is 0. The third-order valence-electron chi connectivity index (χ3n) is 5.43. The molecule has 154 valence electrons. The Morgan fingerprint density at radius 1 is 1.13 bits per heavy atom. The van der Waals surface area contributed by atoms with E-state index in [0.29, 0.717) is 28.2 Å². The van der Waals surface area contributed by atoms with Gasteiger partial charge in [-0.3, -0.25) is 9.59 Å². The van der Waals surface area contributed by atoms with E-state index < -0.39 is 0 Å². The number of thiophene rings is 1. The SMILES string of the molecule is CC(=O)N1N=C(c2c(-c3ccccc3)c3cc(Cl)ccc3[nH]c2=O)CC1c1cccs1. The molecule has 0 radical (unpaired) electrons. The number of hydrogen-bond donors (Lipinski definition) is 1. The summed E-state index contributed by atoms with van der Waals surface area (Å²) in [5, 5.41) is 9.51. The molecule has 2 aromatic carbocycles. The van der Waals surface area contributed by atoms with E-state index in [4.69, 9.17) is 11.6 Å². The lowest BCUT2D eigenvalue weighted by Crippen LogP contribution is -2.23. The van der Waals surface area contributed by atoms with E-state index in [0.717, 1.165) is 21.4 Å². The number of nitrogens with zero attached hydrogens (tertiary/aromatic N) is 2. The summed E-state index contributed by atoms with van der Waals surface area (Å²) in [6.07, 6.45) is 0.467. The van der Waals surface area contributed by atoms with Crippen LogP contribution < -0.4 is 5.56 Å². The maximum atomic E-state index is 13.3. The van der Waals surface area contributed by atoms with E-state index >= 15 is 0 Å². The van der Waals surface area contributed by atoms with E-state index in [2.05, 4.69) is 10.1 Å². The van der Waals surface area contributed by atoms with Crippen LogP contribution in [0.5, 0.6) is 0 Å². The number of hydrazone groups is 1. The molecule has 1 unspecified atom stereocenters. The number of pyridine rings is 1. The van der Waals surface area contributed by atoms with Crippen LogP contribution in [0.4, 0.5) is 0 Å². The van der Waals surface area contributed by atoms with E-state index in [9.17, 15) is 9.59 Å². The van der Waals surface area contributed by atoms with E-state index in [1.165, 1.54) is 11.9 Å². The first-order valence-corrected chi connectivity index (χ1v) is 11.1. The zero-order chi connectivity index (χ0) is 21.5. The molecule has 5 rings (SSSR count). The fraction of sp³-hybridized carbons (Fsp3) is 0.125. The van der Waals surface area contributed by atoms with Crippen molar-refractivity contribution in [1.29, 1.82) is 0 Å². The van der Waals surface area contributed by atoms with E-state index in [-0.39, 0.29) is 17.5 Å². The number of nitrogens with one attached hydrogen (secondary N) is 1. The van der Waals surface area contributed by atoms with Crippen LogP contribution in [0.2, 0.25) is 5.02 Å².